The van der Waals surface area contributed by atoms with Gasteiger partial charge in [-0.3, -0.25) is 0 Å². The molecule has 1 rings (SSSR count). The molecule has 0 bridgehead atoms. The van der Waals surface area contributed by atoms with Crippen molar-refractivity contribution in [1.82, 2.24) is 4.90 Å². The molecule has 0 aromatic rings. The Morgan fingerprint density at radius 2 is 2.08 bits per heavy atom. The van der Waals surface area contributed by atoms with Gasteiger partial charge < -0.3 is 9.64 Å². The second-order valence-corrected chi connectivity index (χ2v) is 3.77. The molecule has 0 radical (unpaired) electrons. The van der Waals surface area contributed by atoms with Crippen LogP contribution in [0, 0.1) is 0 Å². The second-order valence-electron chi connectivity index (χ2n) is 3.15. The molecule has 2 nitrogen and oxygen atoms in total. The van der Waals surface area contributed by atoms with E-state index in [1.807, 2.05) is 6.92 Å². The van der Waals surface area contributed by atoms with Gasteiger partial charge in [0.05, 0.1) is 13.2 Å². The third-order valence-electron chi connectivity index (χ3n) is 2.11. The minimum Gasteiger partial charge on any atom is -0.378 e. The maximum atomic E-state index is 5.30. The Kier molecular flexibility index (Phi) is 4.39. The van der Waals surface area contributed by atoms with Gasteiger partial charge in [0.25, 0.3) is 0 Å². The predicted octanol–water partition coefficient (Wildman–Crippen LogP) is 2.00. The van der Waals surface area contributed by atoms with Crippen molar-refractivity contribution in [3.05, 3.63) is 11.8 Å². The molecule has 0 aromatic carbocycles. The van der Waals surface area contributed by atoms with Crippen LogP contribution in [0.5, 0.6) is 0 Å². The topological polar surface area (TPSA) is 12.5 Å². The van der Waals surface area contributed by atoms with Crippen LogP contribution in [-0.4, -0.2) is 36.1 Å². The highest BCUT2D eigenvalue weighted by molar-refractivity contribution is 7.80. The quantitative estimate of drug-likeness (QED) is 0.509. The number of thiocarbonyl (C=S) groups is 1. The largest absolute Gasteiger partial charge is 0.378 e. The molecule has 1 fully saturated rings. The van der Waals surface area contributed by atoms with Gasteiger partial charge >= 0.3 is 0 Å². The van der Waals surface area contributed by atoms with Crippen LogP contribution in [0.15, 0.2) is 11.8 Å². The predicted molar refractivity (Wildman–Crippen MR) is 59.0 cm³/mol. The lowest BCUT2D eigenvalue weighted by Crippen LogP contribution is -2.37. The molecule has 1 saturated heterocycles. The fourth-order valence-electron chi connectivity index (χ4n) is 1.49. The average molecular weight is 199 g/mol. The summed E-state index contributed by atoms with van der Waals surface area (Å²) in [4.78, 5) is 3.30. The highest BCUT2D eigenvalue weighted by Crippen LogP contribution is 2.10. The molecule has 1 heterocycles. The molecule has 0 aliphatic carbocycles. The molecule has 0 amide bonds. The van der Waals surface area contributed by atoms with Crippen molar-refractivity contribution in [3.8, 4) is 0 Å². The lowest BCUT2D eigenvalue weighted by Gasteiger charge is -2.30. The standard InChI is InChI=1S/C10H17NOS/c1-3-4-10(9(2)13)11-5-7-12-8-6-11/h4H,3,5-8H2,1-2H3/b10-4+. The van der Waals surface area contributed by atoms with E-state index >= 15 is 0 Å². The van der Waals surface area contributed by atoms with Crippen LogP contribution >= 0.6 is 12.2 Å². The van der Waals surface area contributed by atoms with E-state index in [9.17, 15) is 0 Å². The molecule has 1 aliphatic heterocycles. The summed E-state index contributed by atoms with van der Waals surface area (Å²) in [6, 6.07) is 0. The maximum Gasteiger partial charge on any atom is 0.0642 e. The Hall–Kier alpha value is -0.410. The summed E-state index contributed by atoms with van der Waals surface area (Å²) in [5.74, 6) is 0. The average Bonchev–Trinajstić information content (AvgIpc) is 2.15. The fourth-order valence-corrected chi connectivity index (χ4v) is 1.71. The first kappa shape index (κ1) is 10.7. The zero-order valence-electron chi connectivity index (χ0n) is 8.38. The molecule has 0 atom stereocenters. The summed E-state index contributed by atoms with van der Waals surface area (Å²) in [6.07, 6.45) is 3.24. The SMILES string of the molecule is CC/C=C(\C(C)=S)N1CCOCC1. The van der Waals surface area contributed by atoms with Crippen LogP contribution in [-0.2, 0) is 4.74 Å². The van der Waals surface area contributed by atoms with E-state index in [2.05, 4.69) is 17.9 Å². The zero-order chi connectivity index (χ0) is 9.68. The maximum absolute atomic E-state index is 5.30. The third kappa shape index (κ3) is 3.08. The van der Waals surface area contributed by atoms with E-state index in [1.165, 1.54) is 5.70 Å². The first-order valence-corrected chi connectivity index (χ1v) is 5.20. The first-order valence-electron chi connectivity index (χ1n) is 4.79. The van der Waals surface area contributed by atoms with Crippen LogP contribution in [0.1, 0.15) is 20.3 Å². The van der Waals surface area contributed by atoms with E-state index in [0.717, 1.165) is 37.6 Å². The minimum absolute atomic E-state index is 0.823. The van der Waals surface area contributed by atoms with E-state index in [4.69, 9.17) is 17.0 Å². The number of allylic oxidation sites excluding steroid dienone is 2. The number of ether oxygens (including phenoxy) is 1. The Labute approximate surface area is 85.6 Å². The van der Waals surface area contributed by atoms with E-state index < -0.39 is 0 Å². The molecule has 74 valence electrons. The van der Waals surface area contributed by atoms with Crippen LogP contribution in [0.25, 0.3) is 0 Å². The Morgan fingerprint density at radius 1 is 1.46 bits per heavy atom. The highest BCUT2D eigenvalue weighted by Gasteiger charge is 2.13. The number of nitrogens with zero attached hydrogens (tertiary/aromatic N) is 1. The summed E-state index contributed by atoms with van der Waals surface area (Å²) >= 11 is 5.21. The van der Waals surface area contributed by atoms with Crippen LogP contribution < -0.4 is 0 Å². The first-order chi connectivity index (χ1) is 6.25. The third-order valence-corrected chi connectivity index (χ3v) is 2.32. The number of hydrogen-bond donors (Lipinski definition) is 0. The van der Waals surface area contributed by atoms with Gasteiger partial charge in [0.15, 0.2) is 0 Å². The van der Waals surface area contributed by atoms with Crippen molar-refractivity contribution in [2.24, 2.45) is 0 Å². The Bertz CT molecular complexity index is 207. The summed E-state index contributed by atoms with van der Waals surface area (Å²) < 4.78 is 5.30. The van der Waals surface area contributed by atoms with E-state index in [-0.39, 0.29) is 0 Å². The molecular formula is C10H17NOS. The molecule has 0 saturated carbocycles. The molecule has 0 unspecified atom stereocenters. The van der Waals surface area contributed by atoms with Gasteiger partial charge in [0.2, 0.25) is 0 Å². The van der Waals surface area contributed by atoms with Crippen LogP contribution in [0.4, 0.5) is 0 Å². The fraction of sp³-hybridized carbons (Fsp3) is 0.700. The lowest BCUT2D eigenvalue weighted by molar-refractivity contribution is 0.0564. The van der Waals surface area contributed by atoms with Gasteiger partial charge in [-0.15, -0.1) is 0 Å². The van der Waals surface area contributed by atoms with E-state index in [1.54, 1.807) is 0 Å². The van der Waals surface area contributed by atoms with Crippen molar-refractivity contribution in [1.29, 1.82) is 0 Å². The molecule has 0 spiro atoms. The monoisotopic (exact) mass is 199 g/mol. The van der Waals surface area contributed by atoms with Crippen LogP contribution in [0.3, 0.4) is 0 Å². The number of hydrogen-bond acceptors (Lipinski definition) is 3. The molecule has 0 aromatic heterocycles. The molecular weight excluding hydrogens is 182 g/mol. The molecule has 13 heavy (non-hydrogen) atoms. The van der Waals surface area contributed by atoms with Gasteiger partial charge in [0, 0.05) is 23.7 Å². The smallest absolute Gasteiger partial charge is 0.0642 e. The second kappa shape index (κ2) is 5.35. The van der Waals surface area contributed by atoms with Crippen molar-refractivity contribution in [2.75, 3.05) is 26.3 Å². The number of rotatable bonds is 3. The normalized spacial score (nSPS) is 18.9. The molecule has 0 N–H and O–H groups in total. The van der Waals surface area contributed by atoms with Crippen molar-refractivity contribution in [3.63, 3.8) is 0 Å². The van der Waals surface area contributed by atoms with Crippen LogP contribution in [0.2, 0.25) is 0 Å². The van der Waals surface area contributed by atoms with Crippen molar-refractivity contribution < 1.29 is 4.74 Å². The Balaban J connectivity index is 2.63. The van der Waals surface area contributed by atoms with Gasteiger partial charge in [0.1, 0.15) is 0 Å². The van der Waals surface area contributed by atoms with E-state index in [0.29, 0.717) is 0 Å². The molecule has 3 heteroatoms. The summed E-state index contributed by atoms with van der Waals surface area (Å²) in [5, 5.41) is 0. The summed E-state index contributed by atoms with van der Waals surface area (Å²) in [6.45, 7) is 7.72. The van der Waals surface area contributed by atoms with Crippen molar-refractivity contribution >= 4 is 17.1 Å². The summed E-state index contributed by atoms with van der Waals surface area (Å²) in [7, 11) is 0. The highest BCUT2D eigenvalue weighted by atomic mass is 32.1. The van der Waals surface area contributed by atoms with Gasteiger partial charge in [-0.05, 0) is 13.3 Å². The lowest BCUT2D eigenvalue weighted by atomic mass is 10.2. The van der Waals surface area contributed by atoms with Gasteiger partial charge in [-0.1, -0.05) is 25.2 Å². The summed E-state index contributed by atoms with van der Waals surface area (Å²) in [5.41, 5.74) is 1.22. The molecule has 1 aliphatic rings. The van der Waals surface area contributed by atoms with Gasteiger partial charge in [-0.2, -0.15) is 0 Å². The zero-order valence-corrected chi connectivity index (χ0v) is 9.19. The van der Waals surface area contributed by atoms with Gasteiger partial charge in [-0.25, -0.2) is 0 Å². The Morgan fingerprint density at radius 3 is 2.54 bits per heavy atom. The number of morpholine rings is 1. The minimum atomic E-state index is 0.823. The van der Waals surface area contributed by atoms with Crippen molar-refractivity contribution in [2.45, 2.75) is 20.3 Å².